The van der Waals surface area contributed by atoms with Gasteiger partial charge in [-0.1, -0.05) is 6.92 Å². The van der Waals surface area contributed by atoms with E-state index in [4.69, 9.17) is 5.26 Å². The van der Waals surface area contributed by atoms with Crippen molar-refractivity contribution in [2.75, 3.05) is 0 Å². The molecule has 0 saturated heterocycles. The highest BCUT2D eigenvalue weighted by molar-refractivity contribution is 5.76. The number of hydrogen-bond acceptors (Lipinski definition) is 2. The number of nitrogens with one attached hydrogen (secondary N) is 1. The molecule has 0 aromatic heterocycles. The van der Waals surface area contributed by atoms with Crippen molar-refractivity contribution in [1.82, 2.24) is 5.32 Å². The first-order valence-corrected chi connectivity index (χ1v) is 1.99. The number of nitrogens with zero attached hydrogens (tertiary/aromatic N) is 1. The Hall–Kier alpha value is -1.04. The monoisotopic (exact) mass is 98.0 g/mol. The highest BCUT2D eigenvalue weighted by Gasteiger charge is 1.88. The third-order valence-corrected chi connectivity index (χ3v) is 0.516. The Morgan fingerprint density at radius 3 is 2.71 bits per heavy atom. The topological polar surface area (TPSA) is 52.9 Å². The van der Waals surface area contributed by atoms with E-state index >= 15 is 0 Å². The molecule has 0 heterocycles. The molecule has 0 saturated carbocycles. The minimum atomic E-state index is -0.234. The fourth-order valence-corrected chi connectivity index (χ4v) is 0.151. The highest BCUT2D eigenvalue weighted by Crippen LogP contribution is 1.69. The van der Waals surface area contributed by atoms with Gasteiger partial charge in [-0.25, -0.2) is 0 Å². The van der Waals surface area contributed by atoms with E-state index < -0.39 is 0 Å². The van der Waals surface area contributed by atoms with Gasteiger partial charge in [0.2, 0.25) is 5.91 Å². The maximum Gasteiger partial charge on any atom is 0.232 e. The molecule has 0 rings (SSSR count). The van der Waals surface area contributed by atoms with Gasteiger partial charge >= 0.3 is 0 Å². The van der Waals surface area contributed by atoms with Gasteiger partial charge < -0.3 is 0 Å². The van der Waals surface area contributed by atoms with Crippen LogP contribution < -0.4 is 5.32 Å². The normalized spacial score (nSPS) is 6.86. The quantitative estimate of drug-likeness (QED) is 0.370. The molecule has 0 fully saturated rings. The second-order valence-electron chi connectivity index (χ2n) is 1.01. The van der Waals surface area contributed by atoms with E-state index in [0.29, 0.717) is 6.42 Å². The van der Waals surface area contributed by atoms with Crippen molar-refractivity contribution in [2.24, 2.45) is 0 Å². The van der Waals surface area contributed by atoms with E-state index in [1.165, 1.54) is 6.19 Å². The lowest BCUT2D eigenvalue weighted by Crippen LogP contribution is -2.14. The summed E-state index contributed by atoms with van der Waals surface area (Å²) >= 11 is 0. The van der Waals surface area contributed by atoms with Crippen LogP contribution in [-0.2, 0) is 4.79 Å². The number of hydrogen-bond donors (Lipinski definition) is 1. The molecule has 0 bridgehead atoms. The minimum absolute atomic E-state index is 0.234. The van der Waals surface area contributed by atoms with E-state index in [-0.39, 0.29) is 5.91 Å². The molecule has 38 valence electrons. The molecule has 3 heteroatoms. The molecule has 0 aliphatic carbocycles. The smallest absolute Gasteiger partial charge is 0.232 e. The Labute approximate surface area is 41.9 Å². The molecule has 0 unspecified atom stereocenters. The second kappa shape index (κ2) is 3.16. The second-order valence-corrected chi connectivity index (χ2v) is 1.01. The van der Waals surface area contributed by atoms with Gasteiger partial charge in [0.25, 0.3) is 0 Å². The average molecular weight is 98.1 g/mol. The van der Waals surface area contributed by atoms with E-state index in [2.05, 4.69) is 0 Å². The first-order valence-electron chi connectivity index (χ1n) is 1.99. The predicted molar refractivity (Wildman–Crippen MR) is 24.0 cm³/mol. The molecule has 7 heavy (non-hydrogen) atoms. The van der Waals surface area contributed by atoms with E-state index in [0.717, 1.165) is 0 Å². The van der Waals surface area contributed by atoms with Gasteiger partial charge in [-0.3, -0.25) is 10.1 Å². The molecule has 1 N–H and O–H groups in total. The third kappa shape index (κ3) is 2.77. The van der Waals surface area contributed by atoms with Gasteiger partial charge in [0, 0.05) is 6.42 Å². The van der Waals surface area contributed by atoms with Crippen molar-refractivity contribution in [3.63, 3.8) is 0 Å². The number of rotatable bonds is 1. The van der Waals surface area contributed by atoms with Crippen LogP contribution >= 0.6 is 0 Å². The zero-order valence-electron chi connectivity index (χ0n) is 4.06. The van der Waals surface area contributed by atoms with Crippen LogP contribution in [0, 0.1) is 11.5 Å². The van der Waals surface area contributed by atoms with Crippen molar-refractivity contribution in [1.29, 1.82) is 5.26 Å². The summed E-state index contributed by atoms with van der Waals surface area (Å²) in [6.45, 7) is 1.69. The fourth-order valence-electron chi connectivity index (χ4n) is 0.151. The molecule has 0 radical (unpaired) electrons. The Balaban J connectivity index is 3.23. The summed E-state index contributed by atoms with van der Waals surface area (Å²) in [7, 11) is 0. The van der Waals surface area contributed by atoms with Crippen molar-refractivity contribution in [2.45, 2.75) is 13.3 Å². The molecular formula is C4H6N2O. The molecular weight excluding hydrogens is 92.1 g/mol. The van der Waals surface area contributed by atoms with Gasteiger partial charge in [0.15, 0.2) is 6.19 Å². The maximum absolute atomic E-state index is 10.1. The molecule has 0 atom stereocenters. The number of amides is 1. The summed E-state index contributed by atoms with van der Waals surface area (Å²) in [4.78, 5) is 10.1. The van der Waals surface area contributed by atoms with Crippen LogP contribution in [0.15, 0.2) is 0 Å². The summed E-state index contributed by atoms with van der Waals surface area (Å²) in [5.74, 6) is -0.234. The van der Waals surface area contributed by atoms with Crippen LogP contribution in [0.1, 0.15) is 13.3 Å². The van der Waals surface area contributed by atoms with Gasteiger partial charge in [-0.2, -0.15) is 5.26 Å². The van der Waals surface area contributed by atoms with Crippen LogP contribution in [-0.4, -0.2) is 5.91 Å². The predicted octanol–water partition coefficient (Wildman–Crippen LogP) is -0.00632. The first kappa shape index (κ1) is 5.96. The SMILES string of the molecule is CCC(=O)NC#N. The maximum atomic E-state index is 10.1. The lowest BCUT2D eigenvalue weighted by atomic mass is 10.5. The Bertz CT molecular complexity index is 103. The number of carbonyl (C=O) groups is 1. The summed E-state index contributed by atoms with van der Waals surface area (Å²) in [5.41, 5.74) is 0. The van der Waals surface area contributed by atoms with Gasteiger partial charge in [0.05, 0.1) is 0 Å². The Morgan fingerprint density at radius 2 is 2.57 bits per heavy atom. The zero-order chi connectivity index (χ0) is 5.70. The summed E-state index contributed by atoms with van der Waals surface area (Å²) in [6, 6.07) is 0. The summed E-state index contributed by atoms with van der Waals surface area (Å²) in [5, 5.41) is 9.75. The summed E-state index contributed by atoms with van der Waals surface area (Å²) in [6.07, 6.45) is 1.89. The summed E-state index contributed by atoms with van der Waals surface area (Å²) < 4.78 is 0. The van der Waals surface area contributed by atoms with Crippen molar-refractivity contribution < 1.29 is 4.79 Å². The first-order chi connectivity index (χ1) is 3.31. The van der Waals surface area contributed by atoms with E-state index in [1.54, 1.807) is 6.92 Å². The highest BCUT2D eigenvalue weighted by atomic mass is 16.1. The molecule has 1 amide bonds. The van der Waals surface area contributed by atoms with Gasteiger partial charge in [-0.05, 0) is 0 Å². The molecule has 3 nitrogen and oxygen atoms in total. The van der Waals surface area contributed by atoms with Gasteiger partial charge in [0.1, 0.15) is 0 Å². The van der Waals surface area contributed by atoms with Crippen molar-refractivity contribution in [3.05, 3.63) is 0 Å². The van der Waals surface area contributed by atoms with Crippen LogP contribution in [0.4, 0.5) is 0 Å². The Kier molecular flexibility index (Phi) is 2.69. The lowest BCUT2D eigenvalue weighted by molar-refractivity contribution is -0.119. The molecule has 0 aromatic carbocycles. The molecule has 0 aromatic rings. The average Bonchev–Trinajstić information content (AvgIpc) is 1.68. The lowest BCUT2D eigenvalue weighted by Gasteiger charge is -1.83. The molecule has 0 spiro atoms. The number of nitriles is 1. The standard InChI is InChI=1S/C4H6N2O/c1-2-4(7)6-3-5/h2H2,1H3,(H,6,7). The third-order valence-electron chi connectivity index (χ3n) is 0.516. The minimum Gasteiger partial charge on any atom is -0.274 e. The van der Waals surface area contributed by atoms with Crippen LogP contribution in [0.25, 0.3) is 0 Å². The van der Waals surface area contributed by atoms with E-state index in [9.17, 15) is 4.79 Å². The van der Waals surface area contributed by atoms with E-state index in [1.807, 2.05) is 5.32 Å². The zero-order valence-corrected chi connectivity index (χ0v) is 4.06. The fraction of sp³-hybridized carbons (Fsp3) is 0.500. The van der Waals surface area contributed by atoms with Crippen LogP contribution in [0.5, 0.6) is 0 Å². The largest absolute Gasteiger partial charge is 0.274 e. The van der Waals surface area contributed by atoms with Crippen molar-refractivity contribution >= 4 is 5.91 Å². The van der Waals surface area contributed by atoms with Crippen LogP contribution in [0.2, 0.25) is 0 Å². The van der Waals surface area contributed by atoms with Crippen LogP contribution in [0.3, 0.4) is 0 Å². The van der Waals surface area contributed by atoms with Crippen molar-refractivity contribution in [3.8, 4) is 6.19 Å². The Morgan fingerprint density at radius 1 is 2.00 bits per heavy atom. The molecule has 0 aliphatic rings. The number of carbonyl (C=O) groups excluding carboxylic acids is 1. The molecule has 0 aliphatic heterocycles. The van der Waals surface area contributed by atoms with Gasteiger partial charge in [-0.15, -0.1) is 0 Å².